The topological polar surface area (TPSA) is 68.3 Å². The third-order valence-electron chi connectivity index (χ3n) is 8.10. The van der Waals surface area contributed by atoms with Crippen LogP contribution >= 0.6 is 11.6 Å². The van der Waals surface area contributed by atoms with Gasteiger partial charge in [0, 0.05) is 37.8 Å². The van der Waals surface area contributed by atoms with E-state index in [1.807, 2.05) is 12.1 Å². The van der Waals surface area contributed by atoms with E-state index >= 15 is 0 Å². The average molecular weight is 495 g/mol. The molecule has 6 rings (SSSR count). The fraction of sp³-hybridized carbons (Fsp3) is 0.462. The van der Waals surface area contributed by atoms with Crippen LogP contribution in [0.4, 0.5) is 4.39 Å². The molecule has 0 bridgehead atoms. The molecule has 1 saturated heterocycles. The normalized spacial score (nSPS) is 18.7. The molecule has 1 aliphatic carbocycles. The molecule has 0 radical (unpaired) electrons. The van der Waals surface area contributed by atoms with Gasteiger partial charge < -0.3 is 0 Å². The molecule has 2 fully saturated rings. The Hall–Kier alpha value is -2.84. The van der Waals surface area contributed by atoms with Crippen molar-refractivity contribution in [1.29, 1.82) is 0 Å². The number of aryl methyl sites for hydroxylation is 2. The standard InChI is InChI=1S/C26H28ClFN6O/c1-16(3-4-19-8-23-31-29-15-33(23)12-22(19)28)34-13-26(14-34)9-17(10-26)7-18-5-6-21(27)24-20(18)11-30-32(2)25(24)35/h5-6,8,11-12,15-17H,3-4,7,9-10,13-14H2,1-2H3/t16-/m1/s1. The second-order valence-corrected chi connectivity index (χ2v) is 11.0. The second-order valence-electron chi connectivity index (χ2n) is 10.6. The quantitative estimate of drug-likeness (QED) is 0.404. The minimum atomic E-state index is -0.200. The summed E-state index contributed by atoms with van der Waals surface area (Å²) in [5, 5.41) is 14.0. The third kappa shape index (κ3) is 3.93. The van der Waals surface area contributed by atoms with Crippen LogP contribution in [0.2, 0.25) is 5.02 Å². The first-order chi connectivity index (χ1) is 16.8. The number of benzene rings is 1. The van der Waals surface area contributed by atoms with Gasteiger partial charge in [-0.15, -0.1) is 10.2 Å². The van der Waals surface area contributed by atoms with Crippen LogP contribution in [0.25, 0.3) is 16.4 Å². The van der Waals surface area contributed by atoms with Gasteiger partial charge in [-0.3, -0.25) is 14.1 Å². The Morgan fingerprint density at radius 3 is 2.86 bits per heavy atom. The summed E-state index contributed by atoms with van der Waals surface area (Å²) in [5.74, 6) is 0.416. The summed E-state index contributed by atoms with van der Waals surface area (Å²) in [6, 6.07) is 6.10. The van der Waals surface area contributed by atoms with Gasteiger partial charge in [0.15, 0.2) is 5.65 Å². The van der Waals surface area contributed by atoms with Gasteiger partial charge in [-0.05, 0) is 73.6 Å². The van der Waals surface area contributed by atoms with Gasteiger partial charge in [0.05, 0.1) is 16.6 Å². The maximum absolute atomic E-state index is 14.4. The molecule has 1 spiro atoms. The van der Waals surface area contributed by atoms with E-state index in [9.17, 15) is 9.18 Å². The monoisotopic (exact) mass is 494 g/mol. The lowest BCUT2D eigenvalue weighted by Crippen LogP contribution is -2.64. The van der Waals surface area contributed by atoms with Crippen LogP contribution in [-0.4, -0.2) is 48.4 Å². The number of rotatable bonds is 6. The summed E-state index contributed by atoms with van der Waals surface area (Å²) in [6.07, 6.45) is 9.71. The van der Waals surface area contributed by atoms with Crippen molar-refractivity contribution < 1.29 is 4.39 Å². The van der Waals surface area contributed by atoms with Crippen LogP contribution < -0.4 is 5.56 Å². The molecule has 35 heavy (non-hydrogen) atoms. The Bertz CT molecular complexity index is 1480. The summed E-state index contributed by atoms with van der Waals surface area (Å²) in [4.78, 5) is 15.0. The molecule has 2 aliphatic rings. The SMILES string of the molecule is C[C@H](CCc1cc2nncn2cc1F)N1CC2(CC(Cc3ccc(Cl)c4c(=O)n(C)ncc34)C2)C1. The maximum Gasteiger partial charge on any atom is 0.275 e. The van der Waals surface area contributed by atoms with Crippen molar-refractivity contribution >= 4 is 28.0 Å². The van der Waals surface area contributed by atoms with E-state index in [0.29, 0.717) is 45.4 Å². The van der Waals surface area contributed by atoms with E-state index in [1.165, 1.54) is 30.0 Å². The van der Waals surface area contributed by atoms with Gasteiger partial charge in [-0.25, -0.2) is 9.07 Å². The first kappa shape index (κ1) is 22.6. The van der Waals surface area contributed by atoms with Gasteiger partial charge >= 0.3 is 0 Å². The molecule has 0 N–H and O–H groups in total. The van der Waals surface area contributed by atoms with Crippen LogP contribution in [0.5, 0.6) is 0 Å². The van der Waals surface area contributed by atoms with Gasteiger partial charge in [-0.2, -0.15) is 5.10 Å². The highest BCUT2D eigenvalue weighted by Gasteiger charge is 2.52. The number of hydrogen-bond donors (Lipinski definition) is 0. The zero-order valence-electron chi connectivity index (χ0n) is 19.9. The van der Waals surface area contributed by atoms with Gasteiger partial charge in [0.2, 0.25) is 0 Å². The number of likely N-dealkylation sites (tertiary alicyclic amines) is 1. The number of hydrogen-bond acceptors (Lipinski definition) is 5. The molecule has 9 heteroatoms. The first-order valence-electron chi connectivity index (χ1n) is 12.2. The maximum atomic E-state index is 14.4. The smallest absolute Gasteiger partial charge is 0.275 e. The van der Waals surface area contributed by atoms with Crippen molar-refractivity contribution in [3.05, 3.63) is 69.2 Å². The molecule has 3 aromatic heterocycles. The van der Waals surface area contributed by atoms with Crippen LogP contribution in [0.3, 0.4) is 0 Å². The Labute approximate surface area is 207 Å². The van der Waals surface area contributed by atoms with Crippen LogP contribution in [-0.2, 0) is 19.9 Å². The molecule has 0 amide bonds. The molecule has 1 aliphatic heterocycles. The molecular weight excluding hydrogens is 467 g/mol. The van der Waals surface area contributed by atoms with Crippen LogP contribution in [0.1, 0.15) is 37.3 Å². The van der Waals surface area contributed by atoms with E-state index in [1.54, 1.807) is 23.7 Å². The highest BCUT2D eigenvalue weighted by molar-refractivity contribution is 6.35. The van der Waals surface area contributed by atoms with E-state index in [4.69, 9.17) is 11.6 Å². The number of nitrogens with zero attached hydrogens (tertiary/aromatic N) is 6. The fourth-order valence-electron chi connectivity index (χ4n) is 6.17. The molecule has 1 aromatic carbocycles. The minimum absolute atomic E-state index is 0.149. The summed E-state index contributed by atoms with van der Waals surface area (Å²) in [7, 11) is 1.65. The Morgan fingerprint density at radius 2 is 2.06 bits per heavy atom. The summed E-state index contributed by atoms with van der Waals surface area (Å²) in [6.45, 7) is 4.46. The molecule has 1 saturated carbocycles. The van der Waals surface area contributed by atoms with Crippen LogP contribution in [0.15, 0.2) is 41.7 Å². The first-order valence-corrected chi connectivity index (χ1v) is 12.5. The number of pyridine rings is 1. The number of aromatic nitrogens is 5. The average Bonchev–Trinajstić information content (AvgIpc) is 3.23. The predicted molar refractivity (Wildman–Crippen MR) is 133 cm³/mol. The van der Waals surface area contributed by atoms with Crippen LogP contribution in [0, 0.1) is 17.2 Å². The lowest BCUT2D eigenvalue weighted by Gasteiger charge is -2.61. The zero-order chi connectivity index (χ0) is 24.3. The Morgan fingerprint density at radius 1 is 1.26 bits per heavy atom. The lowest BCUT2D eigenvalue weighted by atomic mass is 9.56. The van der Waals surface area contributed by atoms with Crippen molar-refractivity contribution in [2.45, 2.75) is 45.1 Å². The van der Waals surface area contributed by atoms with E-state index in [-0.39, 0.29) is 11.4 Å². The molecule has 4 aromatic rings. The predicted octanol–water partition coefficient (Wildman–Crippen LogP) is 4.04. The molecule has 7 nitrogen and oxygen atoms in total. The van der Waals surface area contributed by atoms with Crippen molar-refractivity contribution in [3.8, 4) is 0 Å². The van der Waals surface area contributed by atoms with Gasteiger partial charge in [0.1, 0.15) is 12.1 Å². The summed E-state index contributed by atoms with van der Waals surface area (Å²) in [5.41, 5.74) is 2.81. The van der Waals surface area contributed by atoms with E-state index in [2.05, 4.69) is 27.1 Å². The second kappa shape index (κ2) is 8.38. The highest BCUT2D eigenvalue weighted by atomic mass is 35.5. The number of halogens is 2. The van der Waals surface area contributed by atoms with Crippen molar-refractivity contribution in [2.24, 2.45) is 18.4 Å². The summed E-state index contributed by atoms with van der Waals surface area (Å²) < 4.78 is 17.3. The minimum Gasteiger partial charge on any atom is -0.299 e. The zero-order valence-corrected chi connectivity index (χ0v) is 20.7. The van der Waals surface area contributed by atoms with Gasteiger partial charge in [-0.1, -0.05) is 17.7 Å². The molecule has 4 heterocycles. The van der Waals surface area contributed by atoms with E-state index in [0.717, 1.165) is 36.9 Å². The van der Waals surface area contributed by atoms with Crippen molar-refractivity contribution in [2.75, 3.05) is 13.1 Å². The highest BCUT2D eigenvalue weighted by Crippen LogP contribution is 2.53. The third-order valence-corrected chi connectivity index (χ3v) is 8.41. The number of fused-ring (bicyclic) bond motifs is 2. The largest absolute Gasteiger partial charge is 0.299 e. The summed E-state index contributed by atoms with van der Waals surface area (Å²) >= 11 is 6.33. The molecule has 0 unspecified atom stereocenters. The molecule has 182 valence electrons. The Kier molecular flexibility index (Phi) is 5.41. The van der Waals surface area contributed by atoms with Crippen molar-refractivity contribution in [3.63, 3.8) is 0 Å². The fourth-order valence-corrected chi connectivity index (χ4v) is 6.41. The van der Waals surface area contributed by atoms with Gasteiger partial charge in [0.25, 0.3) is 5.56 Å². The molecule has 1 atom stereocenters. The van der Waals surface area contributed by atoms with Crippen molar-refractivity contribution in [1.82, 2.24) is 29.3 Å². The lowest BCUT2D eigenvalue weighted by molar-refractivity contribution is -0.110. The Balaban J connectivity index is 1.04. The molecular formula is C26H28ClFN6O. The van der Waals surface area contributed by atoms with E-state index < -0.39 is 0 Å².